The minimum Gasteiger partial charge on any atom is -0.477 e. The van der Waals surface area contributed by atoms with Gasteiger partial charge in [-0.05, 0) is 23.8 Å². The van der Waals surface area contributed by atoms with Crippen LogP contribution in [0.15, 0.2) is 11.1 Å². The van der Waals surface area contributed by atoms with Crippen molar-refractivity contribution in [3.05, 3.63) is 11.1 Å². The maximum Gasteiger partial charge on any atom is 0.343 e. The first-order valence-electron chi connectivity index (χ1n) is 4.80. The topological polar surface area (TPSA) is 74.6 Å². The number of carboxylic acids is 2. The second-order valence-corrected chi connectivity index (χ2v) is 4.49. The summed E-state index contributed by atoms with van der Waals surface area (Å²) in [7, 11) is 0. The average molecular weight is 214 g/mol. The number of carbonyl (C=O) groups is 2. The highest BCUT2D eigenvalue weighted by Crippen LogP contribution is 2.36. The van der Waals surface area contributed by atoms with Gasteiger partial charge in [0.25, 0.3) is 0 Å². The van der Waals surface area contributed by atoms with Crippen LogP contribution >= 0.6 is 0 Å². The molecule has 4 heteroatoms. The fourth-order valence-electron chi connectivity index (χ4n) is 1.17. The molecular formula is C11H18O4. The lowest BCUT2D eigenvalue weighted by Gasteiger charge is -2.31. The van der Waals surface area contributed by atoms with Crippen molar-refractivity contribution in [3.8, 4) is 0 Å². The number of rotatable bonds is 4. The third-order valence-corrected chi connectivity index (χ3v) is 3.21. The van der Waals surface area contributed by atoms with E-state index in [0.29, 0.717) is 5.57 Å². The molecule has 0 saturated heterocycles. The van der Waals surface area contributed by atoms with Crippen LogP contribution in [0, 0.1) is 11.3 Å². The molecule has 86 valence electrons. The van der Waals surface area contributed by atoms with Gasteiger partial charge in [0.05, 0.1) is 0 Å². The lowest BCUT2D eigenvalue weighted by molar-refractivity contribution is -0.140. The van der Waals surface area contributed by atoms with E-state index in [1.165, 1.54) is 0 Å². The van der Waals surface area contributed by atoms with Crippen molar-refractivity contribution in [2.45, 2.75) is 34.6 Å². The Morgan fingerprint density at radius 3 is 1.60 bits per heavy atom. The largest absolute Gasteiger partial charge is 0.477 e. The van der Waals surface area contributed by atoms with Crippen molar-refractivity contribution < 1.29 is 19.8 Å². The quantitative estimate of drug-likeness (QED) is 0.427. The van der Waals surface area contributed by atoms with Gasteiger partial charge in [-0.15, -0.1) is 0 Å². The van der Waals surface area contributed by atoms with Gasteiger partial charge in [-0.1, -0.05) is 27.7 Å². The van der Waals surface area contributed by atoms with Crippen LogP contribution in [0.5, 0.6) is 0 Å². The third kappa shape index (κ3) is 2.81. The van der Waals surface area contributed by atoms with Gasteiger partial charge in [0.15, 0.2) is 0 Å². The first kappa shape index (κ1) is 13.7. The maximum atomic E-state index is 10.8. The standard InChI is InChI=1S/C11H18O4/c1-6(2)11(4,5)7(3)8(9(12)13)10(14)15/h6H,1-5H3,(H,12,13)(H,14,15). The van der Waals surface area contributed by atoms with Crippen molar-refractivity contribution in [3.63, 3.8) is 0 Å². The Morgan fingerprint density at radius 2 is 1.40 bits per heavy atom. The molecule has 0 aromatic carbocycles. The second-order valence-electron chi connectivity index (χ2n) is 4.49. The van der Waals surface area contributed by atoms with Gasteiger partial charge < -0.3 is 10.2 Å². The molecule has 0 radical (unpaired) electrons. The summed E-state index contributed by atoms with van der Waals surface area (Å²) in [5.41, 5.74) is -0.558. The average Bonchev–Trinajstić information content (AvgIpc) is 2.01. The van der Waals surface area contributed by atoms with E-state index >= 15 is 0 Å². The predicted molar refractivity (Wildman–Crippen MR) is 56.6 cm³/mol. The van der Waals surface area contributed by atoms with Crippen LogP contribution in [0.25, 0.3) is 0 Å². The van der Waals surface area contributed by atoms with Crippen molar-refractivity contribution in [2.24, 2.45) is 11.3 Å². The van der Waals surface area contributed by atoms with Crippen LogP contribution < -0.4 is 0 Å². The summed E-state index contributed by atoms with van der Waals surface area (Å²) >= 11 is 0. The van der Waals surface area contributed by atoms with Gasteiger partial charge in [0.1, 0.15) is 5.57 Å². The number of hydrogen-bond acceptors (Lipinski definition) is 2. The summed E-state index contributed by atoms with van der Waals surface area (Å²) < 4.78 is 0. The zero-order chi connectivity index (χ0) is 12.4. The molecule has 0 aromatic rings. The molecule has 0 atom stereocenters. The van der Waals surface area contributed by atoms with Gasteiger partial charge in [-0.2, -0.15) is 0 Å². The summed E-state index contributed by atoms with van der Waals surface area (Å²) in [5.74, 6) is -2.59. The molecule has 0 aliphatic carbocycles. The molecule has 0 saturated carbocycles. The highest BCUT2D eigenvalue weighted by Gasteiger charge is 2.31. The van der Waals surface area contributed by atoms with E-state index in [4.69, 9.17) is 10.2 Å². The van der Waals surface area contributed by atoms with Gasteiger partial charge in [0.2, 0.25) is 0 Å². The maximum absolute atomic E-state index is 10.8. The molecule has 0 spiro atoms. The molecule has 0 aliphatic rings. The summed E-state index contributed by atoms with van der Waals surface area (Å²) in [5, 5.41) is 17.6. The molecule has 0 fully saturated rings. The smallest absolute Gasteiger partial charge is 0.343 e. The SMILES string of the molecule is CC(=C(C(=O)O)C(=O)O)C(C)(C)C(C)C. The monoisotopic (exact) mass is 214 g/mol. The summed E-state index contributed by atoms with van der Waals surface area (Å²) in [6.07, 6.45) is 0. The fraction of sp³-hybridized carbons (Fsp3) is 0.636. The van der Waals surface area contributed by atoms with Crippen LogP contribution in [0.1, 0.15) is 34.6 Å². The number of hydrogen-bond donors (Lipinski definition) is 2. The zero-order valence-corrected chi connectivity index (χ0v) is 9.79. The van der Waals surface area contributed by atoms with Crippen molar-refractivity contribution >= 4 is 11.9 Å². The molecule has 0 amide bonds. The highest BCUT2D eigenvalue weighted by atomic mass is 16.4. The third-order valence-electron chi connectivity index (χ3n) is 3.21. The molecular weight excluding hydrogens is 196 g/mol. The normalized spacial score (nSPS) is 11.3. The second kappa shape index (κ2) is 4.47. The Balaban J connectivity index is 5.57. The van der Waals surface area contributed by atoms with Crippen LogP contribution in [0.4, 0.5) is 0 Å². The lowest BCUT2D eigenvalue weighted by atomic mass is 9.73. The lowest BCUT2D eigenvalue weighted by Crippen LogP contribution is -2.26. The zero-order valence-electron chi connectivity index (χ0n) is 9.79. The summed E-state index contributed by atoms with van der Waals surface area (Å²) in [4.78, 5) is 21.6. The molecule has 0 rings (SSSR count). The number of aliphatic carboxylic acids is 2. The Bertz CT molecular complexity index is 295. The van der Waals surface area contributed by atoms with Crippen LogP contribution in [0.3, 0.4) is 0 Å². The number of allylic oxidation sites excluding steroid dienone is 1. The molecule has 0 heterocycles. The first-order valence-corrected chi connectivity index (χ1v) is 4.80. The molecule has 0 unspecified atom stereocenters. The minimum atomic E-state index is -1.38. The number of carboxylic acid groups (broad SMARTS) is 2. The molecule has 0 aromatic heterocycles. The Hall–Kier alpha value is -1.32. The van der Waals surface area contributed by atoms with E-state index < -0.39 is 22.9 Å². The fourth-order valence-corrected chi connectivity index (χ4v) is 1.17. The van der Waals surface area contributed by atoms with E-state index in [2.05, 4.69) is 0 Å². The predicted octanol–water partition coefficient (Wildman–Crippen LogP) is 2.15. The van der Waals surface area contributed by atoms with E-state index in [1.807, 2.05) is 27.7 Å². The van der Waals surface area contributed by atoms with Gasteiger partial charge in [-0.25, -0.2) is 9.59 Å². The van der Waals surface area contributed by atoms with Crippen LogP contribution in [-0.4, -0.2) is 22.2 Å². The van der Waals surface area contributed by atoms with E-state index in [1.54, 1.807) is 6.92 Å². The van der Waals surface area contributed by atoms with Crippen LogP contribution in [0.2, 0.25) is 0 Å². The summed E-state index contributed by atoms with van der Waals surface area (Å²) in [6, 6.07) is 0. The minimum absolute atomic E-state index is 0.172. The Labute approximate surface area is 89.6 Å². The van der Waals surface area contributed by atoms with Gasteiger partial charge in [0, 0.05) is 0 Å². The molecule has 15 heavy (non-hydrogen) atoms. The van der Waals surface area contributed by atoms with Crippen LogP contribution in [-0.2, 0) is 9.59 Å². The van der Waals surface area contributed by atoms with Gasteiger partial charge >= 0.3 is 11.9 Å². The van der Waals surface area contributed by atoms with E-state index in [0.717, 1.165) is 0 Å². The van der Waals surface area contributed by atoms with Crippen molar-refractivity contribution in [1.29, 1.82) is 0 Å². The first-order chi connectivity index (χ1) is 6.62. The van der Waals surface area contributed by atoms with E-state index in [-0.39, 0.29) is 5.92 Å². The highest BCUT2D eigenvalue weighted by molar-refractivity contribution is 6.13. The van der Waals surface area contributed by atoms with Gasteiger partial charge in [-0.3, -0.25) is 0 Å². The Kier molecular flexibility index (Phi) is 4.07. The van der Waals surface area contributed by atoms with E-state index in [9.17, 15) is 9.59 Å². The summed E-state index contributed by atoms with van der Waals surface area (Å²) in [6.45, 7) is 9.13. The molecule has 4 nitrogen and oxygen atoms in total. The van der Waals surface area contributed by atoms with Crippen molar-refractivity contribution in [2.75, 3.05) is 0 Å². The molecule has 2 N–H and O–H groups in total. The molecule has 0 bridgehead atoms. The van der Waals surface area contributed by atoms with Crippen molar-refractivity contribution in [1.82, 2.24) is 0 Å². The molecule has 0 aliphatic heterocycles. The Morgan fingerprint density at radius 1 is 1.07 bits per heavy atom.